The largest absolute Gasteiger partial charge is 0.487 e. The van der Waals surface area contributed by atoms with Crippen molar-refractivity contribution in [3.8, 4) is 17.2 Å². The van der Waals surface area contributed by atoms with Gasteiger partial charge in [-0.25, -0.2) is 0 Å². The van der Waals surface area contributed by atoms with Crippen LogP contribution in [0.2, 0.25) is 5.02 Å². The zero-order chi connectivity index (χ0) is 24.6. The lowest BCUT2D eigenvalue weighted by Gasteiger charge is -2.20. The van der Waals surface area contributed by atoms with Gasteiger partial charge in [0.05, 0.1) is 10.6 Å². The monoisotopic (exact) mass is 517 g/mol. The number of aromatic nitrogens is 1. The minimum Gasteiger partial charge on any atom is -0.487 e. The van der Waals surface area contributed by atoms with Crippen LogP contribution in [0, 0.1) is 5.41 Å². The van der Waals surface area contributed by atoms with E-state index in [9.17, 15) is 4.79 Å². The predicted octanol–water partition coefficient (Wildman–Crippen LogP) is 4.71. The zero-order valence-corrected chi connectivity index (χ0v) is 20.0. The predicted molar refractivity (Wildman–Crippen MR) is 137 cm³/mol. The highest BCUT2D eigenvalue weighted by molar-refractivity contribution is 8.27. The molecule has 0 spiro atoms. The van der Waals surface area contributed by atoms with Gasteiger partial charge in [-0.15, -0.1) is 0 Å². The number of carbonyl (C=O) groups excluding carboxylic acids is 1. The maximum atomic E-state index is 12.7. The number of nitrogens with one attached hydrogen (secondary N) is 1. The number of aliphatic imine (C=N–C) groups is 1. The molecule has 0 aliphatic carbocycles. The fourth-order valence-electron chi connectivity index (χ4n) is 3.68. The number of thioether (sulfide) groups is 1. The van der Waals surface area contributed by atoms with Crippen molar-refractivity contribution in [2.75, 3.05) is 6.79 Å². The van der Waals surface area contributed by atoms with E-state index in [4.69, 9.17) is 31.2 Å². The minimum absolute atomic E-state index is 0.0596. The normalized spacial score (nSPS) is 17.2. The summed E-state index contributed by atoms with van der Waals surface area (Å²) in [5.41, 5.74) is 2.44. The summed E-state index contributed by atoms with van der Waals surface area (Å²) >= 11 is 7.67. The summed E-state index contributed by atoms with van der Waals surface area (Å²) in [5.74, 6) is 1.31. The van der Waals surface area contributed by atoms with Gasteiger partial charge in [-0.2, -0.15) is 15.1 Å². The average Bonchev–Trinajstić information content (AvgIpc) is 3.53. The van der Waals surface area contributed by atoms with Crippen LogP contribution >= 0.6 is 23.4 Å². The van der Waals surface area contributed by atoms with Crippen LogP contribution in [-0.4, -0.2) is 38.7 Å². The van der Waals surface area contributed by atoms with Crippen LogP contribution < -0.4 is 14.2 Å². The fourth-order valence-corrected chi connectivity index (χ4v) is 4.81. The van der Waals surface area contributed by atoms with Gasteiger partial charge in [0.15, 0.2) is 17.3 Å². The summed E-state index contributed by atoms with van der Waals surface area (Å²) in [6, 6.07) is 14.4. The molecule has 3 aliphatic heterocycles. The summed E-state index contributed by atoms with van der Waals surface area (Å²) < 4.78 is 16.6. The Bertz CT molecular complexity index is 1510. The van der Waals surface area contributed by atoms with E-state index in [2.05, 4.69) is 15.1 Å². The first-order chi connectivity index (χ1) is 17.5. The number of halogens is 1. The number of amides is 1. The Balaban J connectivity index is 1.19. The first kappa shape index (κ1) is 22.3. The van der Waals surface area contributed by atoms with Crippen LogP contribution in [0.4, 0.5) is 0 Å². The summed E-state index contributed by atoms with van der Waals surface area (Å²) in [7, 11) is 0. The van der Waals surface area contributed by atoms with Crippen molar-refractivity contribution < 1.29 is 19.0 Å². The van der Waals surface area contributed by atoms with Gasteiger partial charge >= 0.3 is 0 Å². The Hall–Kier alpha value is -4.15. The van der Waals surface area contributed by atoms with E-state index in [-0.39, 0.29) is 18.2 Å². The third-order valence-corrected chi connectivity index (χ3v) is 6.71. The highest BCUT2D eigenvalue weighted by Crippen LogP contribution is 2.34. The van der Waals surface area contributed by atoms with Crippen LogP contribution in [0.15, 0.2) is 76.6 Å². The number of rotatable bonds is 5. The van der Waals surface area contributed by atoms with E-state index < -0.39 is 5.91 Å². The summed E-state index contributed by atoms with van der Waals surface area (Å²) in [6.45, 7) is 0.505. The Morgan fingerprint density at radius 1 is 1.17 bits per heavy atom. The van der Waals surface area contributed by atoms with Crippen LogP contribution in [-0.2, 0) is 11.4 Å². The molecule has 0 radical (unpaired) electrons. The molecule has 6 rings (SSSR count). The van der Waals surface area contributed by atoms with E-state index >= 15 is 0 Å². The number of benzene rings is 2. The fraction of sp³-hybridized carbons (Fsp3) is 0.0800. The van der Waals surface area contributed by atoms with Gasteiger partial charge in [0.25, 0.3) is 5.91 Å². The van der Waals surface area contributed by atoms with E-state index in [1.54, 1.807) is 42.7 Å². The molecule has 11 heteroatoms. The number of nitrogens with zero attached hydrogens (tertiary/aromatic N) is 4. The molecule has 0 saturated carbocycles. The van der Waals surface area contributed by atoms with Crippen molar-refractivity contribution in [3.63, 3.8) is 0 Å². The number of ether oxygens (including phenoxy) is 3. The first-order valence-electron chi connectivity index (χ1n) is 10.8. The lowest BCUT2D eigenvalue weighted by atomic mass is 10.1. The van der Waals surface area contributed by atoms with Crippen molar-refractivity contribution in [1.29, 1.82) is 5.41 Å². The average molecular weight is 518 g/mol. The number of carbonyl (C=O) groups is 1. The van der Waals surface area contributed by atoms with Crippen LogP contribution in [0.25, 0.3) is 6.08 Å². The highest BCUT2D eigenvalue weighted by atomic mass is 35.5. The van der Waals surface area contributed by atoms with E-state index in [0.717, 1.165) is 11.1 Å². The Labute approximate surface area is 214 Å². The smallest absolute Gasteiger partial charge is 0.283 e. The number of hydrogen-bond acceptors (Lipinski definition) is 8. The number of fused-ring (bicyclic) bond motifs is 2. The van der Waals surface area contributed by atoms with Gasteiger partial charge in [-0.3, -0.25) is 15.2 Å². The van der Waals surface area contributed by atoms with Crippen molar-refractivity contribution in [1.82, 2.24) is 9.99 Å². The maximum Gasteiger partial charge on any atom is 0.283 e. The van der Waals surface area contributed by atoms with E-state index in [0.29, 0.717) is 44.7 Å². The third kappa shape index (κ3) is 4.21. The first-order valence-corrected chi connectivity index (χ1v) is 12.0. The molecule has 9 nitrogen and oxygen atoms in total. The summed E-state index contributed by atoms with van der Waals surface area (Å²) in [4.78, 5) is 20.9. The molecule has 2 aromatic carbocycles. The molecular formula is C25H16ClN5O4S. The second-order valence-electron chi connectivity index (χ2n) is 7.83. The quantitative estimate of drug-likeness (QED) is 0.488. The number of hydrogen-bond donors (Lipinski definition) is 1. The minimum atomic E-state index is -0.513. The van der Waals surface area contributed by atoms with Crippen molar-refractivity contribution in [2.45, 2.75) is 6.61 Å². The van der Waals surface area contributed by atoms with Crippen LogP contribution in [0.1, 0.15) is 16.7 Å². The molecular weight excluding hydrogens is 502 g/mol. The van der Waals surface area contributed by atoms with Gasteiger partial charge in [0.1, 0.15) is 17.4 Å². The van der Waals surface area contributed by atoms with Gasteiger partial charge in [-0.1, -0.05) is 23.7 Å². The standard InChI is InChI=1S/C25H16ClN5O4S/c26-18-9-14(3-5-19(18)33-12-15-4-6-20-21(10-15)35-13-34-20)8-17-22(27)31-25(29-23(17)32)36-24(30-31)16-2-1-7-28-11-16/h1-11,27H,12-13H2. The maximum absolute atomic E-state index is 12.7. The molecule has 1 aromatic heterocycles. The second kappa shape index (κ2) is 9.14. The summed E-state index contributed by atoms with van der Waals surface area (Å²) in [6.07, 6.45) is 4.91. The molecule has 0 unspecified atom stereocenters. The van der Waals surface area contributed by atoms with Gasteiger partial charge < -0.3 is 14.2 Å². The molecule has 0 bridgehead atoms. The molecule has 0 fully saturated rings. The number of amidine groups is 2. The molecule has 178 valence electrons. The lowest BCUT2D eigenvalue weighted by Crippen LogP contribution is -2.35. The molecule has 3 aromatic rings. The number of hydrazone groups is 1. The van der Waals surface area contributed by atoms with Crippen molar-refractivity contribution in [2.24, 2.45) is 10.1 Å². The number of pyridine rings is 1. The summed E-state index contributed by atoms with van der Waals surface area (Å²) in [5, 5.41) is 15.7. The van der Waals surface area contributed by atoms with Gasteiger partial charge in [0.2, 0.25) is 12.0 Å². The molecule has 0 atom stereocenters. The molecule has 0 saturated heterocycles. The van der Waals surface area contributed by atoms with Crippen molar-refractivity contribution >= 4 is 51.4 Å². The molecule has 3 aliphatic rings. The third-order valence-electron chi connectivity index (χ3n) is 5.46. The van der Waals surface area contributed by atoms with Gasteiger partial charge in [0, 0.05) is 18.0 Å². The molecule has 36 heavy (non-hydrogen) atoms. The van der Waals surface area contributed by atoms with E-state index in [1.807, 2.05) is 24.3 Å². The van der Waals surface area contributed by atoms with Crippen LogP contribution in [0.3, 0.4) is 0 Å². The second-order valence-corrected chi connectivity index (χ2v) is 9.20. The van der Waals surface area contributed by atoms with Crippen LogP contribution in [0.5, 0.6) is 17.2 Å². The molecule has 1 amide bonds. The van der Waals surface area contributed by atoms with Gasteiger partial charge in [-0.05, 0) is 65.4 Å². The topological polar surface area (TPSA) is 109 Å². The molecule has 1 N–H and O–H groups in total. The Morgan fingerprint density at radius 3 is 2.89 bits per heavy atom. The Morgan fingerprint density at radius 2 is 2.06 bits per heavy atom. The van der Waals surface area contributed by atoms with E-state index in [1.165, 1.54) is 16.8 Å². The Kier molecular flexibility index (Phi) is 5.67. The SMILES string of the molecule is N=C1C(=Cc2ccc(OCc3ccc4c(c3)OCO4)c(Cl)c2)C(=O)N=C2SC(c3cccnc3)=NN12. The zero-order valence-electron chi connectivity index (χ0n) is 18.5. The highest BCUT2D eigenvalue weighted by Gasteiger charge is 2.36. The molecule has 4 heterocycles. The lowest BCUT2D eigenvalue weighted by molar-refractivity contribution is -0.114. The van der Waals surface area contributed by atoms with Crippen molar-refractivity contribution in [3.05, 3.63) is 88.2 Å².